The van der Waals surface area contributed by atoms with E-state index in [1.165, 1.54) is 12.1 Å². The Morgan fingerprint density at radius 1 is 1.53 bits per heavy atom. The van der Waals surface area contributed by atoms with Gasteiger partial charge in [-0.3, -0.25) is 4.79 Å². The average molecular weight is 237 g/mol. The summed E-state index contributed by atoms with van der Waals surface area (Å²) in [6.07, 6.45) is 4.59. The van der Waals surface area contributed by atoms with E-state index >= 15 is 0 Å². The van der Waals surface area contributed by atoms with Crippen LogP contribution in [-0.2, 0) is 4.79 Å². The smallest absolute Gasteiger partial charge is 0.225 e. The van der Waals surface area contributed by atoms with Crippen molar-refractivity contribution >= 4 is 11.7 Å². The third-order valence-electron chi connectivity index (χ3n) is 3.16. The highest BCUT2D eigenvalue weighted by atomic mass is 19.1. The van der Waals surface area contributed by atoms with Gasteiger partial charge in [-0.05, 0) is 30.9 Å². The first kappa shape index (κ1) is 12.0. The maximum Gasteiger partial charge on any atom is 0.225 e. The zero-order chi connectivity index (χ0) is 12.3. The van der Waals surface area contributed by atoms with Gasteiger partial charge < -0.3 is 11.1 Å². The van der Waals surface area contributed by atoms with Gasteiger partial charge in [-0.25, -0.2) is 9.37 Å². The molecule has 4 nitrogen and oxygen atoms in total. The molecule has 0 saturated heterocycles. The molecule has 1 saturated carbocycles. The number of pyridine rings is 1. The van der Waals surface area contributed by atoms with Crippen molar-refractivity contribution in [1.29, 1.82) is 0 Å². The van der Waals surface area contributed by atoms with Gasteiger partial charge in [-0.15, -0.1) is 0 Å². The molecule has 1 aromatic heterocycles. The zero-order valence-corrected chi connectivity index (χ0v) is 9.53. The molecule has 1 heterocycles. The quantitative estimate of drug-likeness (QED) is 0.840. The lowest BCUT2D eigenvalue weighted by Crippen LogP contribution is -2.28. The number of amides is 1. The molecule has 0 radical (unpaired) electrons. The molecular formula is C12H16FN3O. The Balaban J connectivity index is 1.86. The first-order valence-electron chi connectivity index (χ1n) is 5.82. The topological polar surface area (TPSA) is 68.0 Å². The molecule has 2 rings (SSSR count). The summed E-state index contributed by atoms with van der Waals surface area (Å²) in [5.41, 5.74) is 5.90. The molecule has 5 heteroatoms. The second-order valence-electron chi connectivity index (χ2n) is 4.47. The van der Waals surface area contributed by atoms with Crippen LogP contribution in [0.15, 0.2) is 18.3 Å². The molecule has 1 aromatic rings. The highest BCUT2D eigenvalue weighted by Gasteiger charge is 2.26. The minimum Gasteiger partial charge on any atom is -0.327 e. The lowest BCUT2D eigenvalue weighted by atomic mass is 10.00. The number of carbonyl (C=O) groups is 1. The Morgan fingerprint density at radius 2 is 2.35 bits per heavy atom. The molecule has 0 spiro atoms. The summed E-state index contributed by atoms with van der Waals surface area (Å²) in [5.74, 6) is 0.116. The number of carbonyl (C=O) groups excluding carboxylic acids is 1. The molecule has 1 fully saturated rings. The fourth-order valence-corrected chi connectivity index (χ4v) is 2.20. The van der Waals surface area contributed by atoms with Crippen LogP contribution in [0, 0.1) is 11.7 Å². The minimum absolute atomic E-state index is 0.105. The highest BCUT2D eigenvalue weighted by Crippen LogP contribution is 2.26. The van der Waals surface area contributed by atoms with Crippen LogP contribution < -0.4 is 11.1 Å². The maximum atomic E-state index is 12.6. The Bertz CT molecular complexity index is 393. The summed E-state index contributed by atoms with van der Waals surface area (Å²) < 4.78 is 12.6. The van der Waals surface area contributed by atoms with Crippen LogP contribution in [-0.4, -0.2) is 16.9 Å². The molecule has 1 amide bonds. The average Bonchev–Trinajstić information content (AvgIpc) is 2.68. The summed E-state index contributed by atoms with van der Waals surface area (Å²) in [7, 11) is 0. The van der Waals surface area contributed by atoms with Gasteiger partial charge in [0.2, 0.25) is 5.91 Å². The highest BCUT2D eigenvalue weighted by molar-refractivity contribution is 5.89. The first-order chi connectivity index (χ1) is 8.15. The van der Waals surface area contributed by atoms with Crippen LogP contribution in [0.25, 0.3) is 0 Å². The predicted octanol–water partition coefficient (Wildman–Crippen LogP) is 1.68. The number of anilines is 1. The maximum absolute atomic E-state index is 12.6. The summed E-state index contributed by atoms with van der Waals surface area (Å²) in [5, 5.41) is 2.64. The molecular weight excluding hydrogens is 221 g/mol. The van der Waals surface area contributed by atoms with E-state index in [0.29, 0.717) is 12.2 Å². The SMILES string of the molecule is N[C@@H]1CCC[C@H]1CC(=O)Nc1ccc(F)cn1. The van der Waals surface area contributed by atoms with Crippen molar-refractivity contribution in [2.24, 2.45) is 11.7 Å². The van der Waals surface area contributed by atoms with Gasteiger partial charge in [-0.2, -0.15) is 0 Å². The fraction of sp³-hybridized carbons (Fsp3) is 0.500. The van der Waals surface area contributed by atoms with E-state index in [4.69, 9.17) is 5.73 Å². The van der Waals surface area contributed by atoms with Crippen molar-refractivity contribution in [1.82, 2.24) is 4.98 Å². The Kier molecular flexibility index (Phi) is 3.68. The van der Waals surface area contributed by atoms with Crippen molar-refractivity contribution in [3.63, 3.8) is 0 Å². The van der Waals surface area contributed by atoms with Crippen LogP contribution in [0.4, 0.5) is 10.2 Å². The molecule has 3 N–H and O–H groups in total. The van der Waals surface area contributed by atoms with Crippen LogP contribution in [0.5, 0.6) is 0 Å². The number of hydrogen-bond acceptors (Lipinski definition) is 3. The number of hydrogen-bond donors (Lipinski definition) is 2. The third kappa shape index (κ3) is 3.23. The van der Waals surface area contributed by atoms with E-state index in [1.807, 2.05) is 0 Å². The van der Waals surface area contributed by atoms with Gasteiger partial charge in [0.15, 0.2) is 0 Å². The van der Waals surface area contributed by atoms with Gasteiger partial charge >= 0.3 is 0 Å². The van der Waals surface area contributed by atoms with E-state index in [1.54, 1.807) is 0 Å². The molecule has 0 aliphatic heterocycles. The number of nitrogens with one attached hydrogen (secondary N) is 1. The summed E-state index contributed by atoms with van der Waals surface area (Å²) in [6.45, 7) is 0. The Hall–Kier alpha value is -1.49. The number of rotatable bonds is 3. The molecule has 17 heavy (non-hydrogen) atoms. The molecule has 0 unspecified atom stereocenters. The molecule has 1 aliphatic carbocycles. The van der Waals surface area contributed by atoms with E-state index in [9.17, 15) is 9.18 Å². The third-order valence-corrected chi connectivity index (χ3v) is 3.16. The summed E-state index contributed by atoms with van der Waals surface area (Å²) in [4.78, 5) is 15.5. The van der Waals surface area contributed by atoms with Crippen molar-refractivity contribution in [3.8, 4) is 0 Å². The molecule has 1 aliphatic rings. The second-order valence-corrected chi connectivity index (χ2v) is 4.47. The van der Waals surface area contributed by atoms with Crippen molar-refractivity contribution in [2.75, 3.05) is 5.32 Å². The van der Waals surface area contributed by atoms with Crippen molar-refractivity contribution in [2.45, 2.75) is 31.7 Å². The number of aromatic nitrogens is 1. The van der Waals surface area contributed by atoms with Crippen LogP contribution in [0.1, 0.15) is 25.7 Å². The second kappa shape index (κ2) is 5.23. The summed E-state index contributed by atoms with van der Waals surface area (Å²) >= 11 is 0. The zero-order valence-electron chi connectivity index (χ0n) is 9.53. The number of halogens is 1. The summed E-state index contributed by atoms with van der Waals surface area (Å²) in [6, 6.07) is 2.84. The molecule has 0 bridgehead atoms. The monoisotopic (exact) mass is 237 g/mol. The van der Waals surface area contributed by atoms with Crippen molar-refractivity contribution in [3.05, 3.63) is 24.1 Å². The van der Waals surface area contributed by atoms with Crippen LogP contribution in [0.2, 0.25) is 0 Å². The molecule has 92 valence electrons. The van der Waals surface area contributed by atoms with E-state index in [-0.39, 0.29) is 17.9 Å². The van der Waals surface area contributed by atoms with Gasteiger partial charge in [0.1, 0.15) is 11.6 Å². The predicted molar refractivity (Wildman–Crippen MR) is 62.8 cm³/mol. The van der Waals surface area contributed by atoms with Gasteiger partial charge in [0.05, 0.1) is 6.20 Å². The van der Waals surface area contributed by atoms with Crippen LogP contribution >= 0.6 is 0 Å². The van der Waals surface area contributed by atoms with Crippen molar-refractivity contribution < 1.29 is 9.18 Å². The number of nitrogens with zero attached hydrogens (tertiary/aromatic N) is 1. The van der Waals surface area contributed by atoms with Crippen LogP contribution in [0.3, 0.4) is 0 Å². The lowest BCUT2D eigenvalue weighted by molar-refractivity contribution is -0.117. The van der Waals surface area contributed by atoms with E-state index in [0.717, 1.165) is 25.5 Å². The van der Waals surface area contributed by atoms with Gasteiger partial charge in [-0.1, -0.05) is 6.42 Å². The Morgan fingerprint density at radius 3 is 2.94 bits per heavy atom. The fourth-order valence-electron chi connectivity index (χ4n) is 2.20. The van der Waals surface area contributed by atoms with Gasteiger partial charge in [0.25, 0.3) is 0 Å². The largest absolute Gasteiger partial charge is 0.327 e. The Labute approximate surface area is 99.4 Å². The first-order valence-corrected chi connectivity index (χ1v) is 5.82. The lowest BCUT2D eigenvalue weighted by Gasteiger charge is -2.14. The minimum atomic E-state index is -0.416. The van der Waals surface area contributed by atoms with E-state index < -0.39 is 5.82 Å². The standard InChI is InChI=1S/C12H16FN3O/c13-9-4-5-11(15-7-9)16-12(17)6-8-2-1-3-10(8)14/h4-5,7-8,10H,1-3,6,14H2,(H,15,16,17)/t8-,10+/m0/s1. The van der Waals surface area contributed by atoms with Gasteiger partial charge in [0, 0.05) is 12.5 Å². The van der Waals surface area contributed by atoms with E-state index in [2.05, 4.69) is 10.3 Å². The number of nitrogens with two attached hydrogens (primary N) is 1. The molecule has 2 atom stereocenters. The molecule has 0 aromatic carbocycles. The normalized spacial score (nSPS) is 23.6.